The lowest BCUT2D eigenvalue weighted by molar-refractivity contribution is -0.337. The number of thioether (sulfide) groups is 4. The van der Waals surface area contributed by atoms with E-state index in [0.717, 1.165) is 67.8 Å². The van der Waals surface area contributed by atoms with Crippen LogP contribution in [0.5, 0.6) is 5.75 Å². The van der Waals surface area contributed by atoms with Gasteiger partial charge in [0, 0.05) is 25.9 Å². The van der Waals surface area contributed by atoms with E-state index in [2.05, 4.69) is 113 Å². The van der Waals surface area contributed by atoms with Gasteiger partial charge in [-0.15, -0.1) is 47.0 Å². The standard InChI is InChI=1S/C59H98O9S5Si/c1-40(2)53(65-39-46-24-26-47(63-12)27-25-46)55(64-13)51(68-74(14,15)56(8,9)10)38-59(71-35-20-36-72-59)45(7)49(60)37-52(73(61,62)48-21-17-16-18-22-48)44(6)54-42(4)30-32-58(67-54)31-29-41(3)50(66-58)28-23-43(5)57(11)69-33-19-34-70-57/h16-18,21-22,24-27,40-45,49-55,60H,19-20,23,28-39H2,1-15H3/t41-,42+,43+,44-,45+,49+,50+,51-,52?,53-,54-,55+,58-/m1/s1. The summed E-state index contributed by atoms with van der Waals surface area (Å²) in [7, 11) is -2.91. The van der Waals surface area contributed by atoms with E-state index < -0.39 is 51.4 Å². The van der Waals surface area contributed by atoms with Gasteiger partial charge < -0.3 is 33.2 Å². The molecule has 13 atom stereocenters. The van der Waals surface area contributed by atoms with Crippen molar-refractivity contribution in [1.82, 2.24) is 0 Å². The first kappa shape index (κ1) is 62.8. The van der Waals surface area contributed by atoms with Gasteiger partial charge in [0.25, 0.3) is 0 Å². The lowest BCUT2D eigenvalue weighted by atomic mass is 9.79. The van der Waals surface area contributed by atoms with Crippen LogP contribution in [0.2, 0.25) is 18.1 Å². The number of aliphatic hydroxyl groups is 1. The molecular weight excluding hydrogens is 1040 g/mol. The van der Waals surface area contributed by atoms with Gasteiger partial charge in [-0.3, -0.25) is 0 Å². The highest BCUT2D eigenvalue weighted by Crippen LogP contribution is 2.55. The Morgan fingerprint density at radius 3 is 1.99 bits per heavy atom. The van der Waals surface area contributed by atoms with E-state index in [1.165, 1.54) is 17.9 Å². The molecule has 2 aromatic rings. The van der Waals surface area contributed by atoms with Crippen molar-refractivity contribution in [3.8, 4) is 5.75 Å². The van der Waals surface area contributed by atoms with E-state index in [0.29, 0.717) is 24.9 Å². The van der Waals surface area contributed by atoms with Crippen LogP contribution in [0, 0.1) is 35.5 Å². The molecule has 1 spiro atoms. The first-order chi connectivity index (χ1) is 34.8. The third-order valence-electron chi connectivity index (χ3n) is 18.0. The Balaban J connectivity index is 1.29. The van der Waals surface area contributed by atoms with Gasteiger partial charge in [-0.2, -0.15) is 0 Å². The Bertz CT molecular complexity index is 2110. The maximum Gasteiger partial charge on any atom is 0.192 e. The summed E-state index contributed by atoms with van der Waals surface area (Å²) in [5, 5.41) is 12.0. The van der Waals surface area contributed by atoms with Crippen molar-refractivity contribution in [3.63, 3.8) is 0 Å². The Kier molecular flexibility index (Phi) is 22.8. The SMILES string of the molecule is COc1ccc(CO[C@H](C(C)C)[C@@H](OC)[C@@H](CC2([C@@H](C)[C@@H](O)CC([C@@H](C)[C@@H]3O[C@]4(CC[C@@H](C)[C@H](CC[C@H](C)C5(C)SCCCS5)O4)CC[C@@H]3C)S(=O)(=O)c3ccccc3)SCCCS2)O[Si](C)(C)C(C)(C)C)cc1. The Morgan fingerprint density at radius 2 is 1.42 bits per heavy atom. The third kappa shape index (κ3) is 15.3. The number of benzene rings is 2. The van der Waals surface area contributed by atoms with Crippen molar-refractivity contribution in [1.29, 1.82) is 0 Å². The molecule has 6 rings (SSSR count). The minimum absolute atomic E-state index is 0.0794. The van der Waals surface area contributed by atoms with Gasteiger partial charge in [0.2, 0.25) is 0 Å². The summed E-state index contributed by atoms with van der Waals surface area (Å²) < 4.78 is 71.4. The number of methoxy groups -OCH3 is 2. The van der Waals surface area contributed by atoms with E-state index >= 15 is 8.42 Å². The van der Waals surface area contributed by atoms with Gasteiger partial charge in [0.15, 0.2) is 23.9 Å². The minimum Gasteiger partial charge on any atom is -0.497 e. The quantitative estimate of drug-likeness (QED) is 0.101. The zero-order valence-electron chi connectivity index (χ0n) is 48.1. The second kappa shape index (κ2) is 26.9. The molecule has 0 amide bonds. The maximum atomic E-state index is 15.3. The summed E-state index contributed by atoms with van der Waals surface area (Å²) in [6.45, 7) is 29.8. The van der Waals surface area contributed by atoms with Crippen LogP contribution in [-0.2, 0) is 39.8 Å². The van der Waals surface area contributed by atoms with Crippen LogP contribution in [0.4, 0.5) is 0 Å². The Morgan fingerprint density at radius 1 is 0.824 bits per heavy atom. The summed E-state index contributed by atoms with van der Waals surface area (Å²) in [4.78, 5) is 0.283. The molecule has 4 aliphatic heterocycles. The molecule has 0 radical (unpaired) electrons. The van der Waals surface area contributed by atoms with Crippen molar-refractivity contribution >= 4 is 65.2 Å². The van der Waals surface area contributed by atoms with Crippen molar-refractivity contribution < 1.29 is 41.6 Å². The fourth-order valence-corrected chi connectivity index (χ4v) is 21.9. The van der Waals surface area contributed by atoms with Gasteiger partial charge in [-0.05, 0) is 159 Å². The largest absolute Gasteiger partial charge is 0.497 e. The summed E-state index contributed by atoms with van der Waals surface area (Å²) in [5.41, 5.74) is 1.05. The first-order valence-corrected chi connectivity index (χ1v) is 36.5. The molecule has 9 nitrogen and oxygen atoms in total. The van der Waals surface area contributed by atoms with Crippen LogP contribution in [-0.4, -0.2) is 115 Å². The average molecular weight is 1140 g/mol. The van der Waals surface area contributed by atoms with Gasteiger partial charge in [0.05, 0.1) is 62.5 Å². The molecule has 2 aromatic carbocycles. The lowest BCUT2D eigenvalue weighted by Gasteiger charge is -2.52. The molecule has 1 N–H and O–H groups in total. The van der Waals surface area contributed by atoms with Crippen LogP contribution in [0.3, 0.4) is 0 Å². The molecular formula is C59H98O9S5Si. The van der Waals surface area contributed by atoms with Crippen LogP contribution in [0.1, 0.15) is 146 Å². The summed E-state index contributed by atoms with van der Waals surface area (Å²) in [6.07, 6.45) is 6.32. The van der Waals surface area contributed by atoms with Gasteiger partial charge in [0.1, 0.15) is 11.9 Å². The summed E-state index contributed by atoms with van der Waals surface area (Å²) in [5.74, 6) is 4.84. The Labute approximate surface area is 468 Å². The second-order valence-electron chi connectivity index (χ2n) is 24.6. The fourth-order valence-electron chi connectivity index (χ4n) is 11.6. The van der Waals surface area contributed by atoms with E-state index in [1.807, 2.05) is 53.9 Å². The van der Waals surface area contributed by atoms with Crippen molar-refractivity contribution in [2.45, 2.75) is 226 Å². The van der Waals surface area contributed by atoms with Crippen molar-refractivity contribution in [3.05, 3.63) is 60.2 Å². The van der Waals surface area contributed by atoms with E-state index in [4.69, 9.17) is 28.1 Å². The number of aliphatic hydroxyl groups excluding tert-OH is 1. The minimum atomic E-state index is -3.94. The molecule has 1 unspecified atom stereocenters. The van der Waals surface area contributed by atoms with Crippen LogP contribution < -0.4 is 4.74 Å². The normalized spacial score (nSPS) is 28.2. The third-order valence-corrected chi connectivity index (χ3v) is 32.2. The van der Waals surface area contributed by atoms with Crippen LogP contribution in [0.15, 0.2) is 59.5 Å². The predicted octanol–water partition coefficient (Wildman–Crippen LogP) is 14.8. The van der Waals surface area contributed by atoms with Gasteiger partial charge in [-0.1, -0.05) is 99.6 Å². The van der Waals surface area contributed by atoms with Crippen LogP contribution in [0.25, 0.3) is 0 Å². The monoisotopic (exact) mass is 1140 g/mol. The molecule has 0 aliphatic carbocycles. The van der Waals surface area contributed by atoms with Crippen molar-refractivity contribution in [2.24, 2.45) is 35.5 Å². The molecule has 4 aliphatic rings. The summed E-state index contributed by atoms with van der Waals surface area (Å²) >= 11 is 8.06. The smallest absolute Gasteiger partial charge is 0.192 e. The zero-order valence-corrected chi connectivity index (χ0v) is 53.1. The zero-order chi connectivity index (χ0) is 54.3. The van der Waals surface area contributed by atoms with Gasteiger partial charge >= 0.3 is 0 Å². The molecule has 4 saturated heterocycles. The predicted molar refractivity (Wildman–Crippen MR) is 318 cm³/mol. The molecule has 4 fully saturated rings. The number of sulfone groups is 1. The van der Waals surface area contributed by atoms with E-state index in [-0.39, 0.29) is 62.6 Å². The number of hydrogen-bond donors (Lipinski definition) is 1. The summed E-state index contributed by atoms with van der Waals surface area (Å²) in [6, 6.07) is 16.9. The first-order valence-electron chi connectivity index (χ1n) is 28.1. The second-order valence-corrected chi connectivity index (χ2v) is 38.0. The topological polar surface area (TPSA) is 110 Å². The molecule has 15 heteroatoms. The number of hydrogen-bond acceptors (Lipinski definition) is 13. The highest BCUT2D eigenvalue weighted by molar-refractivity contribution is 8.19. The average Bonchev–Trinajstić information content (AvgIpc) is 3.37. The van der Waals surface area contributed by atoms with Crippen LogP contribution >= 0.6 is 47.0 Å². The Hall–Kier alpha value is -0.433. The highest BCUT2D eigenvalue weighted by Gasteiger charge is 2.54. The van der Waals surface area contributed by atoms with E-state index in [9.17, 15) is 5.11 Å². The molecule has 4 heterocycles. The van der Waals surface area contributed by atoms with E-state index in [1.54, 1.807) is 38.5 Å². The highest BCUT2D eigenvalue weighted by atomic mass is 32.2. The number of rotatable bonds is 24. The van der Waals surface area contributed by atoms with Crippen molar-refractivity contribution in [2.75, 3.05) is 37.2 Å². The molecule has 0 saturated carbocycles. The molecule has 0 bridgehead atoms. The number of ether oxygens (including phenoxy) is 5. The maximum absolute atomic E-state index is 15.3. The fraction of sp³-hybridized carbons (Fsp3) is 0.797. The lowest BCUT2D eigenvalue weighted by Crippen LogP contribution is -2.56. The molecule has 0 aromatic heterocycles. The van der Waals surface area contributed by atoms with Gasteiger partial charge in [-0.25, -0.2) is 8.42 Å². The molecule has 422 valence electrons. The molecule has 74 heavy (non-hydrogen) atoms.